The number of fused-ring (bicyclic) bond motifs is 2. The molecule has 2 aliphatic heterocycles. The summed E-state index contributed by atoms with van der Waals surface area (Å²) in [7, 11) is 0. The second kappa shape index (κ2) is 4.79. The van der Waals surface area contributed by atoms with Crippen LogP contribution in [0.3, 0.4) is 0 Å². The van der Waals surface area contributed by atoms with E-state index in [4.69, 9.17) is 4.74 Å². The Morgan fingerprint density at radius 2 is 1.94 bits per heavy atom. The highest BCUT2D eigenvalue weighted by Gasteiger charge is 2.45. The lowest BCUT2D eigenvalue weighted by molar-refractivity contribution is -0.0746. The van der Waals surface area contributed by atoms with E-state index in [9.17, 15) is 0 Å². The van der Waals surface area contributed by atoms with Crippen LogP contribution in [0.5, 0.6) is 0 Å². The van der Waals surface area contributed by atoms with Crippen molar-refractivity contribution < 1.29 is 4.74 Å². The molecule has 94 valence electrons. The number of benzene rings is 1. The summed E-state index contributed by atoms with van der Waals surface area (Å²) in [6, 6.07) is 6.82. The van der Waals surface area contributed by atoms with Gasteiger partial charge in [-0.15, -0.1) is 0 Å². The summed E-state index contributed by atoms with van der Waals surface area (Å²) in [5.74, 6) is 0.603. The molecule has 0 aromatic heterocycles. The first kappa shape index (κ1) is 12.6. The molecular weight excluding hydrogens is 210 g/mol. The minimum absolute atomic E-state index is 0.0187. The van der Waals surface area contributed by atoms with Crippen molar-refractivity contribution >= 4 is 0 Å². The third kappa shape index (κ3) is 2.00. The number of hydrogen-bond donors (Lipinski definition) is 1. The van der Waals surface area contributed by atoms with E-state index < -0.39 is 0 Å². The van der Waals surface area contributed by atoms with Crippen LogP contribution in [0, 0.1) is 0 Å². The van der Waals surface area contributed by atoms with Crippen LogP contribution >= 0.6 is 0 Å². The van der Waals surface area contributed by atoms with Crippen molar-refractivity contribution in [2.75, 3.05) is 13.1 Å². The van der Waals surface area contributed by atoms with Crippen molar-refractivity contribution in [1.82, 2.24) is 5.32 Å². The van der Waals surface area contributed by atoms with Crippen LogP contribution in [-0.4, -0.2) is 13.1 Å². The summed E-state index contributed by atoms with van der Waals surface area (Å²) in [5, 5.41) is 3.30. The summed E-state index contributed by atoms with van der Waals surface area (Å²) in [4.78, 5) is 0. The SMILES string of the molecule is CC.CC(C)c1ccc2c(c1)COC21CNC1. The van der Waals surface area contributed by atoms with E-state index in [0.29, 0.717) is 5.92 Å². The van der Waals surface area contributed by atoms with Crippen LogP contribution in [0.25, 0.3) is 0 Å². The second-order valence-electron chi connectivity index (χ2n) is 4.96. The van der Waals surface area contributed by atoms with Crippen LogP contribution in [0.4, 0.5) is 0 Å². The third-order valence-corrected chi connectivity index (χ3v) is 3.61. The highest BCUT2D eigenvalue weighted by Crippen LogP contribution is 2.40. The lowest BCUT2D eigenvalue weighted by atomic mass is 9.85. The molecule has 0 radical (unpaired) electrons. The first-order chi connectivity index (χ1) is 8.21. The normalized spacial score (nSPS) is 19.6. The lowest BCUT2D eigenvalue weighted by Gasteiger charge is -2.39. The van der Waals surface area contributed by atoms with Gasteiger partial charge in [-0.1, -0.05) is 45.9 Å². The zero-order chi connectivity index (χ0) is 12.5. The van der Waals surface area contributed by atoms with Crippen molar-refractivity contribution in [3.63, 3.8) is 0 Å². The molecule has 17 heavy (non-hydrogen) atoms. The molecule has 2 aliphatic rings. The van der Waals surface area contributed by atoms with Crippen LogP contribution in [0.1, 0.15) is 50.3 Å². The van der Waals surface area contributed by atoms with Gasteiger partial charge < -0.3 is 10.1 Å². The molecule has 0 unspecified atom stereocenters. The zero-order valence-electron chi connectivity index (χ0n) is 11.3. The van der Waals surface area contributed by atoms with Gasteiger partial charge in [0, 0.05) is 13.1 Å². The average molecular weight is 233 g/mol. The van der Waals surface area contributed by atoms with Gasteiger partial charge in [0.05, 0.1) is 6.61 Å². The van der Waals surface area contributed by atoms with Gasteiger partial charge in [0.2, 0.25) is 0 Å². The molecule has 0 aliphatic carbocycles. The van der Waals surface area contributed by atoms with Crippen molar-refractivity contribution in [3.8, 4) is 0 Å². The molecule has 1 spiro atoms. The Hall–Kier alpha value is -0.860. The van der Waals surface area contributed by atoms with Gasteiger partial charge in [0.25, 0.3) is 0 Å². The van der Waals surface area contributed by atoms with E-state index in [-0.39, 0.29) is 5.60 Å². The van der Waals surface area contributed by atoms with Crippen molar-refractivity contribution in [2.45, 2.75) is 45.8 Å². The summed E-state index contributed by atoms with van der Waals surface area (Å²) in [6.07, 6.45) is 0. The quantitative estimate of drug-likeness (QED) is 0.804. The van der Waals surface area contributed by atoms with Crippen LogP contribution in [0.2, 0.25) is 0 Å². The van der Waals surface area contributed by atoms with E-state index in [1.165, 1.54) is 16.7 Å². The number of hydrogen-bond acceptors (Lipinski definition) is 2. The molecule has 3 rings (SSSR count). The fourth-order valence-corrected chi connectivity index (χ4v) is 2.47. The van der Waals surface area contributed by atoms with E-state index in [1.54, 1.807) is 0 Å². The second-order valence-corrected chi connectivity index (χ2v) is 4.96. The van der Waals surface area contributed by atoms with Gasteiger partial charge in [-0.3, -0.25) is 0 Å². The summed E-state index contributed by atoms with van der Waals surface area (Å²) in [6.45, 7) is 11.2. The van der Waals surface area contributed by atoms with Crippen LogP contribution in [0.15, 0.2) is 18.2 Å². The molecule has 0 saturated carbocycles. The van der Waals surface area contributed by atoms with Crippen LogP contribution in [-0.2, 0) is 16.9 Å². The topological polar surface area (TPSA) is 21.3 Å². The Kier molecular flexibility index (Phi) is 3.55. The smallest absolute Gasteiger partial charge is 0.119 e. The molecule has 2 nitrogen and oxygen atoms in total. The van der Waals surface area contributed by atoms with E-state index in [2.05, 4.69) is 37.4 Å². The zero-order valence-corrected chi connectivity index (χ0v) is 11.3. The predicted molar refractivity (Wildman–Crippen MR) is 71.2 cm³/mol. The molecule has 1 saturated heterocycles. The maximum atomic E-state index is 5.92. The largest absolute Gasteiger partial charge is 0.363 e. The highest BCUT2D eigenvalue weighted by atomic mass is 16.5. The molecule has 1 N–H and O–H groups in total. The maximum absolute atomic E-state index is 5.92. The van der Waals surface area contributed by atoms with Crippen molar-refractivity contribution in [1.29, 1.82) is 0 Å². The predicted octanol–water partition coefficient (Wildman–Crippen LogP) is 3.16. The Morgan fingerprint density at radius 1 is 1.24 bits per heavy atom. The molecular formula is C15H23NO. The monoisotopic (exact) mass is 233 g/mol. The van der Waals surface area contributed by atoms with Gasteiger partial charge in [-0.25, -0.2) is 0 Å². The number of rotatable bonds is 1. The molecule has 2 heterocycles. The first-order valence-electron chi connectivity index (χ1n) is 6.69. The van der Waals surface area contributed by atoms with Gasteiger partial charge in [-0.05, 0) is 22.6 Å². The van der Waals surface area contributed by atoms with Crippen molar-refractivity contribution in [3.05, 3.63) is 34.9 Å². The summed E-state index contributed by atoms with van der Waals surface area (Å²) >= 11 is 0. The summed E-state index contributed by atoms with van der Waals surface area (Å²) < 4.78 is 5.92. The average Bonchev–Trinajstić information content (AvgIpc) is 2.69. The number of ether oxygens (including phenoxy) is 1. The summed E-state index contributed by atoms with van der Waals surface area (Å²) in [5.41, 5.74) is 4.24. The Morgan fingerprint density at radius 3 is 2.47 bits per heavy atom. The molecule has 0 atom stereocenters. The number of nitrogens with one attached hydrogen (secondary N) is 1. The first-order valence-corrected chi connectivity index (χ1v) is 6.69. The fraction of sp³-hybridized carbons (Fsp3) is 0.600. The Labute approximate surface area is 104 Å². The molecule has 0 bridgehead atoms. The van der Waals surface area contributed by atoms with Gasteiger partial charge in [-0.2, -0.15) is 0 Å². The highest BCUT2D eigenvalue weighted by molar-refractivity contribution is 5.41. The van der Waals surface area contributed by atoms with Gasteiger partial charge >= 0.3 is 0 Å². The fourth-order valence-electron chi connectivity index (χ4n) is 2.47. The van der Waals surface area contributed by atoms with Crippen LogP contribution < -0.4 is 5.32 Å². The van der Waals surface area contributed by atoms with E-state index in [1.807, 2.05) is 13.8 Å². The molecule has 2 heteroatoms. The molecule has 1 aromatic carbocycles. The van der Waals surface area contributed by atoms with Gasteiger partial charge in [0.1, 0.15) is 5.60 Å². The lowest BCUT2D eigenvalue weighted by Crippen LogP contribution is -2.56. The Bertz CT molecular complexity index is 394. The molecule has 1 aromatic rings. The van der Waals surface area contributed by atoms with Crippen molar-refractivity contribution in [2.24, 2.45) is 0 Å². The Balaban J connectivity index is 0.000000514. The molecule has 0 amide bonds. The van der Waals surface area contributed by atoms with Gasteiger partial charge in [0.15, 0.2) is 0 Å². The van der Waals surface area contributed by atoms with E-state index in [0.717, 1.165) is 19.7 Å². The minimum Gasteiger partial charge on any atom is -0.363 e. The maximum Gasteiger partial charge on any atom is 0.119 e. The minimum atomic E-state index is 0.0187. The third-order valence-electron chi connectivity index (χ3n) is 3.61. The van der Waals surface area contributed by atoms with E-state index >= 15 is 0 Å². The standard InChI is InChI=1S/C13H17NO.C2H6/c1-9(2)10-3-4-12-11(5-10)6-15-13(12)7-14-8-13;1-2/h3-5,9,14H,6-8H2,1-2H3;1-2H3. The molecule has 1 fully saturated rings.